The highest BCUT2D eigenvalue weighted by atomic mass is 32.2. The molecular weight excluding hydrogens is 446 g/mol. The number of hydrogen-bond acceptors (Lipinski definition) is 6. The smallest absolute Gasteiger partial charge is 0.271 e. The molecule has 0 aliphatic carbocycles. The number of sulfonamides is 1. The van der Waals surface area contributed by atoms with E-state index in [0.29, 0.717) is 11.3 Å². The number of nitrogens with one attached hydrogen (secondary N) is 1. The fourth-order valence-electron chi connectivity index (χ4n) is 3.08. The van der Waals surface area contributed by atoms with Gasteiger partial charge in [-0.05, 0) is 55.8 Å². The summed E-state index contributed by atoms with van der Waals surface area (Å²) >= 11 is 0. The number of benzene rings is 3. The Balaban J connectivity index is 1.96. The zero-order valence-electron chi connectivity index (χ0n) is 18.3. The third-order valence-corrected chi connectivity index (χ3v) is 6.75. The second-order valence-electron chi connectivity index (χ2n) is 7.33. The Morgan fingerprint density at radius 3 is 2.24 bits per heavy atom. The minimum Gasteiger partial charge on any atom is -0.497 e. The third-order valence-electron chi connectivity index (χ3n) is 4.96. The van der Waals surface area contributed by atoms with Gasteiger partial charge in [-0.25, -0.2) is 8.42 Å². The molecule has 0 fully saturated rings. The molecule has 3 rings (SSSR count). The number of amides is 1. The number of nitro benzene ring substituents is 1. The van der Waals surface area contributed by atoms with Crippen LogP contribution in [0.25, 0.3) is 0 Å². The van der Waals surface area contributed by atoms with Crippen LogP contribution in [0.3, 0.4) is 0 Å². The summed E-state index contributed by atoms with van der Waals surface area (Å²) in [4.78, 5) is 23.4. The zero-order chi connectivity index (χ0) is 24.2. The van der Waals surface area contributed by atoms with Gasteiger partial charge < -0.3 is 10.1 Å². The van der Waals surface area contributed by atoms with E-state index in [4.69, 9.17) is 4.74 Å². The number of rotatable bonds is 8. The predicted molar refractivity (Wildman–Crippen MR) is 125 cm³/mol. The van der Waals surface area contributed by atoms with Crippen LogP contribution in [-0.2, 0) is 14.8 Å². The van der Waals surface area contributed by atoms with Crippen molar-refractivity contribution in [1.29, 1.82) is 0 Å². The Kier molecular flexibility index (Phi) is 6.98. The summed E-state index contributed by atoms with van der Waals surface area (Å²) in [5.74, 6) is -0.117. The molecule has 3 aromatic carbocycles. The van der Waals surface area contributed by atoms with E-state index < -0.39 is 27.4 Å². The molecule has 0 aromatic heterocycles. The highest BCUT2D eigenvalue weighted by Crippen LogP contribution is 2.27. The second kappa shape index (κ2) is 9.70. The molecule has 0 atom stereocenters. The number of ether oxygens (including phenoxy) is 1. The number of methoxy groups -OCH3 is 1. The average Bonchev–Trinajstić information content (AvgIpc) is 2.79. The van der Waals surface area contributed by atoms with Crippen molar-refractivity contribution in [2.24, 2.45) is 0 Å². The normalized spacial score (nSPS) is 11.0. The molecule has 0 bridgehead atoms. The Morgan fingerprint density at radius 1 is 1.03 bits per heavy atom. The maximum atomic E-state index is 13.4. The summed E-state index contributed by atoms with van der Waals surface area (Å²) in [7, 11) is -2.60. The number of aryl methyl sites for hydroxylation is 2. The summed E-state index contributed by atoms with van der Waals surface area (Å²) in [6.45, 7) is 2.99. The number of nitrogens with zero attached hydrogens (tertiary/aromatic N) is 2. The molecule has 172 valence electrons. The van der Waals surface area contributed by atoms with Crippen LogP contribution in [0.4, 0.5) is 17.1 Å². The quantitative estimate of drug-likeness (QED) is 0.393. The van der Waals surface area contributed by atoms with Gasteiger partial charge in [0.25, 0.3) is 15.7 Å². The van der Waals surface area contributed by atoms with E-state index in [9.17, 15) is 23.3 Å². The number of carbonyl (C=O) groups excluding carboxylic acids is 1. The first-order valence-electron chi connectivity index (χ1n) is 9.90. The lowest BCUT2D eigenvalue weighted by Crippen LogP contribution is -2.38. The lowest BCUT2D eigenvalue weighted by atomic mass is 10.2. The van der Waals surface area contributed by atoms with Gasteiger partial charge in [-0.15, -0.1) is 0 Å². The van der Waals surface area contributed by atoms with Gasteiger partial charge in [0.1, 0.15) is 12.3 Å². The first-order chi connectivity index (χ1) is 15.6. The van der Waals surface area contributed by atoms with Gasteiger partial charge in [0, 0.05) is 12.1 Å². The molecule has 0 aliphatic rings. The van der Waals surface area contributed by atoms with Gasteiger partial charge in [0.05, 0.1) is 28.3 Å². The number of non-ortho nitro benzene ring substituents is 1. The average molecular weight is 470 g/mol. The van der Waals surface area contributed by atoms with Crippen LogP contribution >= 0.6 is 0 Å². The van der Waals surface area contributed by atoms with E-state index in [-0.39, 0.29) is 22.0 Å². The van der Waals surface area contributed by atoms with E-state index >= 15 is 0 Å². The predicted octanol–water partition coefficient (Wildman–Crippen LogP) is 4.05. The van der Waals surface area contributed by atoms with Gasteiger partial charge in [-0.1, -0.05) is 23.8 Å². The highest BCUT2D eigenvalue weighted by molar-refractivity contribution is 7.92. The molecule has 10 heteroatoms. The maximum absolute atomic E-state index is 13.4. The van der Waals surface area contributed by atoms with E-state index in [1.807, 2.05) is 6.92 Å². The van der Waals surface area contributed by atoms with Crippen molar-refractivity contribution >= 4 is 33.0 Å². The van der Waals surface area contributed by atoms with Gasteiger partial charge in [0.2, 0.25) is 5.91 Å². The Labute approximate surface area is 191 Å². The van der Waals surface area contributed by atoms with E-state index in [0.717, 1.165) is 9.87 Å². The topological polar surface area (TPSA) is 119 Å². The monoisotopic (exact) mass is 469 g/mol. The molecule has 9 nitrogen and oxygen atoms in total. The zero-order valence-corrected chi connectivity index (χ0v) is 19.1. The molecule has 0 saturated carbocycles. The van der Waals surface area contributed by atoms with Gasteiger partial charge in [-0.3, -0.25) is 19.2 Å². The number of anilines is 2. The molecule has 1 amide bonds. The Hall–Kier alpha value is -3.92. The summed E-state index contributed by atoms with van der Waals surface area (Å²) in [5, 5.41) is 13.7. The molecule has 0 heterocycles. The number of nitro groups is 1. The summed E-state index contributed by atoms with van der Waals surface area (Å²) in [5.41, 5.74) is 1.81. The first-order valence-corrected chi connectivity index (χ1v) is 11.3. The molecular formula is C23H23N3O6S. The van der Waals surface area contributed by atoms with Gasteiger partial charge >= 0.3 is 0 Å². The Morgan fingerprint density at radius 2 is 1.67 bits per heavy atom. The minimum atomic E-state index is -4.09. The highest BCUT2D eigenvalue weighted by Gasteiger charge is 2.27. The van der Waals surface area contributed by atoms with Crippen LogP contribution in [0, 0.1) is 24.0 Å². The van der Waals surface area contributed by atoms with E-state index in [2.05, 4.69) is 5.32 Å². The third kappa shape index (κ3) is 5.47. The van der Waals surface area contributed by atoms with Crippen molar-refractivity contribution in [2.45, 2.75) is 18.7 Å². The van der Waals surface area contributed by atoms with Crippen molar-refractivity contribution in [3.8, 4) is 5.75 Å². The Bertz CT molecular complexity index is 1270. The molecule has 3 aromatic rings. The van der Waals surface area contributed by atoms with Crippen molar-refractivity contribution in [2.75, 3.05) is 23.3 Å². The summed E-state index contributed by atoms with van der Waals surface area (Å²) in [6, 6.07) is 16.6. The van der Waals surface area contributed by atoms with Crippen LogP contribution in [0.15, 0.2) is 71.6 Å². The standard InChI is InChI=1S/C23H23N3O6S/c1-16-4-12-21(13-5-16)33(30,31)25(18-8-10-20(32-3)11-9-18)15-23(27)24-22-14-19(26(28)29)7-6-17(22)2/h4-14H,15H2,1-3H3,(H,24,27). The largest absolute Gasteiger partial charge is 0.497 e. The molecule has 0 saturated heterocycles. The van der Waals surface area contributed by atoms with E-state index in [1.54, 1.807) is 31.2 Å². The summed E-state index contributed by atoms with van der Waals surface area (Å²) in [6.07, 6.45) is 0. The SMILES string of the molecule is COc1ccc(N(CC(=O)Nc2cc([N+](=O)[O-])ccc2C)S(=O)(=O)c2ccc(C)cc2)cc1. The number of carbonyl (C=O) groups is 1. The van der Waals surface area contributed by atoms with Crippen LogP contribution in [0.2, 0.25) is 0 Å². The molecule has 0 spiro atoms. The lowest BCUT2D eigenvalue weighted by molar-refractivity contribution is -0.384. The molecule has 0 aliphatic heterocycles. The van der Waals surface area contributed by atoms with Crippen molar-refractivity contribution in [3.05, 3.63) is 88.0 Å². The maximum Gasteiger partial charge on any atom is 0.271 e. The molecule has 1 N–H and O–H groups in total. The number of hydrogen-bond donors (Lipinski definition) is 1. The minimum absolute atomic E-state index is 0.0308. The van der Waals surface area contributed by atoms with E-state index in [1.165, 1.54) is 49.6 Å². The van der Waals surface area contributed by atoms with Crippen LogP contribution < -0.4 is 14.4 Å². The molecule has 33 heavy (non-hydrogen) atoms. The lowest BCUT2D eigenvalue weighted by Gasteiger charge is -2.24. The van der Waals surface area contributed by atoms with Crippen molar-refractivity contribution in [1.82, 2.24) is 0 Å². The molecule has 0 unspecified atom stereocenters. The fraction of sp³-hybridized carbons (Fsp3) is 0.174. The van der Waals surface area contributed by atoms with Crippen molar-refractivity contribution < 1.29 is 22.9 Å². The van der Waals surface area contributed by atoms with Gasteiger partial charge in [0.15, 0.2) is 0 Å². The molecule has 0 radical (unpaired) electrons. The van der Waals surface area contributed by atoms with Gasteiger partial charge in [-0.2, -0.15) is 0 Å². The van der Waals surface area contributed by atoms with Crippen molar-refractivity contribution in [3.63, 3.8) is 0 Å². The fourth-order valence-corrected chi connectivity index (χ4v) is 4.50. The van der Waals surface area contributed by atoms with Crippen LogP contribution in [0.5, 0.6) is 5.75 Å². The van der Waals surface area contributed by atoms with Crippen LogP contribution in [-0.4, -0.2) is 32.9 Å². The summed E-state index contributed by atoms with van der Waals surface area (Å²) < 4.78 is 33.0. The second-order valence-corrected chi connectivity index (χ2v) is 9.19. The van der Waals surface area contributed by atoms with Crippen LogP contribution in [0.1, 0.15) is 11.1 Å². The first kappa shape index (κ1) is 23.7.